The fourth-order valence-electron chi connectivity index (χ4n) is 3.08. The van der Waals surface area contributed by atoms with Crippen molar-refractivity contribution in [3.8, 4) is 6.07 Å². The highest BCUT2D eigenvalue weighted by Gasteiger charge is 2.37. The maximum absolute atomic E-state index is 12.9. The van der Waals surface area contributed by atoms with Gasteiger partial charge < -0.3 is 10.2 Å². The van der Waals surface area contributed by atoms with Crippen LogP contribution in [0.2, 0.25) is 0 Å². The van der Waals surface area contributed by atoms with E-state index in [1.165, 1.54) is 0 Å². The van der Waals surface area contributed by atoms with E-state index < -0.39 is 5.91 Å². The molecule has 3 rings (SSSR count). The summed E-state index contributed by atoms with van der Waals surface area (Å²) >= 11 is 0. The Balaban J connectivity index is 1.97. The van der Waals surface area contributed by atoms with Crippen LogP contribution >= 0.6 is 0 Å². The molecule has 130 valence electrons. The van der Waals surface area contributed by atoms with Crippen molar-refractivity contribution >= 4 is 23.1 Å². The van der Waals surface area contributed by atoms with Crippen LogP contribution in [-0.4, -0.2) is 17.9 Å². The Bertz CT molecular complexity index is 924. The molecule has 0 radical (unpaired) electrons. The number of nitrogens with zero attached hydrogens (tertiary/aromatic N) is 2. The Morgan fingerprint density at radius 2 is 1.77 bits per heavy atom. The lowest BCUT2D eigenvalue weighted by molar-refractivity contribution is -0.118. The lowest BCUT2D eigenvalue weighted by atomic mass is 10.0. The van der Waals surface area contributed by atoms with Crippen LogP contribution in [0.1, 0.15) is 25.0 Å². The van der Waals surface area contributed by atoms with Gasteiger partial charge in [-0.15, -0.1) is 0 Å². The summed E-state index contributed by atoms with van der Waals surface area (Å²) in [7, 11) is 0. The molecule has 0 saturated heterocycles. The van der Waals surface area contributed by atoms with E-state index in [0.717, 1.165) is 11.3 Å². The molecular weight excluding hydrogens is 326 g/mol. The highest BCUT2D eigenvalue weighted by molar-refractivity contribution is 6.37. The number of fused-ring (bicyclic) bond motifs is 1. The average molecular weight is 345 g/mol. The molecule has 26 heavy (non-hydrogen) atoms. The van der Waals surface area contributed by atoms with E-state index >= 15 is 0 Å². The first-order chi connectivity index (χ1) is 12.5. The molecule has 0 unspecified atom stereocenters. The third kappa shape index (κ3) is 3.09. The summed E-state index contributed by atoms with van der Waals surface area (Å²) in [5.41, 5.74) is 2.29. The van der Waals surface area contributed by atoms with Gasteiger partial charge in [-0.2, -0.15) is 5.26 Å². The Labute approximate surface area is 152 Å². The van der Waals surface area contributed by atoms with E-state index in [-0.39, 0.29) is 23.1 Å². The molecule has 5 heteroatoms. The molecule has 0 bridgehead atoms. The van der Waals surface area contributed by atoms with E-state index in [9.17, 15) is 14.9 Å². The van der Waals surface area contributed by atoms with E-state index in [2.05, 4.69) is 5.32 Å². The van der Waals surface area contributed by atoms with Gasteiger partial charge in [-0.25, -0.2) is 0 Å². The van der Waals surface area contributed by atoms with Crippen molar-refractivity contribution in [2.75, 3.05) is 4.90 Å². The summed E-state index contributed by atoms with van der Waals surface area (Å²) in [6, 6.07) is 18.5. The maximum Gasteiger partial charge on any atom is 0.263 e. The van der Waals surface area contributed by atoms with Crippen molar-refractivity contribution in [3.63, 3.8) is 0 Å². The summed E-state index contributed by atoms with van der Waals surface area (Å²) in [4.78, 5) is 27.1. The van der Waals surface area contributed by atoms with E-state index in [4.69, 9.17) is 0 Å². The second kappa shape index (κ2) is 7.24. The SMILES string of the molecule is CC(C)N1C(=O)/C(=C(\C#N)C(=O)NCc2ccccc2)c2ccccc21. The van der Waals surface area contributed by atoms with Crippen LogP contribution in [0.3, 0.4) is 0 Å². The molecule has 0 aliphatic carbocycles. The number of carbonyl (C=O) groups excluding carboxylic acids is 2. The number of nitriles is 1. The number of anilines is 1. The number of carbonyl (C=O) groups is 2. The lowest BCUT2D eigenvalue weighted by Gasteiger charge is -2.21. The van der Waals surface area contributed by atoms with Crippen LogP contribution in [-0.2, 0) is 16.1 Å². The first-order valence-electron chi connectivity index (χ1n) is 8.44. The average Bonchev–Trinajstić information content (AvgIpc) is 2.94. The van der Waals surface area contributed by atoms with Gasteiger partial charge in [0.05, 0.1) is 11.3 Å². The van der Waals surface area contributed by atoms with Gasteiger partial charge in [-0.3, -0.25) is 9.59 Å². The highest BCUT2D eigenvalue weighted by atomic mass is 16.2. The van der Waals surface area contributed by atoms with Gasteiger partial charge in [-0.1, -0.05) is 48.5 Å². The highest BCUT2D eigenvalue weighted by Crippen LogP contribution is 2.39. The smallest absolute Gasteiger partial charge is 0.263 e. The van der Waals surface area contributed by atoms with Crippen LogP contribution in [0.4, 0.5) is 5.69 Å². The van der Waals surface area contributed by atoms with Crippen molar-refractivity contribution in [1.29, 1.82) is 5.26 Å². The Kier molecular flexibility index (Phi) is 4.85. The van der Waals surface area contributed by atoms with E-state index in [1.807, 2.05) is 62.4 Å². The fourth-order valence-corrected chi connectivity index (χ4v) is 3.08. The quantitative estimate of drug-likeness (QED) is 0.684. The van der Waals surface area contributed by atoms with Crippen molar-refractivity contribution in [2.24, 2.45) is 0 Å². The molecule has 0 atom stereocenters. The minimum absolute atomic E-state index is 0.0755. The summed E-state index contributed by atoms with van der Waals surface area (Å²) < 4.78 is 0. The third-order valence-electron chi connectivity index (χ3n) is 4.27. The van der Waals surface area contributed by atoms with Crippen LogP contribution in [0, 0.1) is 11.3 Å². The Hall–Kier alpha value is -3.39. The topological polar surface area (TPSA) is 73.2 Å². The summed E-state index contributed by atoms with van der Waals surface area (Å²) in [6.45, 7) is 4.10. The minimum Gasteiger partial charge on any atom is -0.347 e. The summed E-state index contributed by atoms with van der Waals surface area (Å²) in [6.07, 6.45) is 0. The lowest BCUT2D eigenvalue weighted by Crippen LogP contribution is -2.34. The first-order valence-corrected chi connectivity index (χ1v) is 8.44. The zero-order valence-corrected chi connectivity index (χ0v) is 14.7. The van der Waals surface area contributed by atoms with E-state index in [1.54, 1.807) is 17.0 Å². The Morgan fingerprint density at radius 1 is 1.12 bits per heavy atom. The molecule has 1 heterocycles. The molecule has 1 aliphatic heterocycles. The van der Waals surface area contributed by atoms with Gasteiger partial charge in [0.25, 0.3) is 11.8 Å². The van der Waals surface area contributed by atoms with Gasteiger partial charge in [0.1, 0.15) is 11.6 Å². The van der Waals surface area contributed by atoms with Gasteiger partial charge in [0.2, 0.25) is 0 Å². The van der Waals surface area contributed by atoms with Gasteiger partial charge in [-0.05, 0) is 25.5 Å². The molecule has 0 aromatic heterocycles. The van der Waals surface area contributed by atoms with Crippen LogP contribution in [0.25, 0.3) is 5.57 Å². The standard InChI is InChI=1S/C21H19N3O2/c1-14(2)24-18-11-7-6-10-16(18)19(21(24)26)17(12-22)20(25)23-13-15-8-4-3-5-9-15/h3-11,14H,13H2,1-2H3,(H,23,25)/b19-17+. The molecule has 2 aromatic carbocycles. The van der Waals surface area contributed by atoms with Crippen LogP contribution < -0.4 is 10.2 Å². The van der Waals surface area contributed by atoms with Crippen LogP contribution in [0.15, 0.2) is 60.2 Å². The summed E-state index contributed by atoms with van der Waals surface area (Å²) in [5, 5.41) is 12.3. The zero-order chi connectivity index (χ0) is 18.7. The van der Waals surface area contributed by atoms with Crippen molar-refractivity contribution in [1.82, 2.24) is 5.32 Å². The molecule has 2 amide bonds. The molecule has 2 aromatic rings. The second-order valence-electron chi connectivity index (χ2n) is 6.32. The van der Waals surface area contributed by atoms with Crippen LogP contribution in [0.5, 0.6) is 0 Å². The molecule has 1 N–H and O–H groups in total. The number of rotatable bonds is 4. The van der Waals surface area contributed by atoms with Gasteiger partial charge in [0.15, 0.2) is 0 Å². The molecule has 0 fully saturated rings. The van der Waals surface area contributed by atoms with Crippen molar-refractivity contribution < 1.29 is 9.59 Å². The van der Waals surface area contributed by atoms with E-state index in [0.29, 0.717) is 12.1 Å². The third-order valence-corrected chi connectivity index (χ3v) is 4.27. The number of para-hydroxylation sites is 1. The number of hydrogen-bond donors (Lipinski definition) is 1. The molecule has 0 saturated carbocycles. The van der Waals surface area contributed by atoms with Crippen molar-refractivity contribution in [3.05, 3.63) is 71.3 Å². The fraction of sp³-hybridized carbons (Fsp3) is 0.190. The first kappa shape index (κ1) is 17.4. The maximum atomic E-state index is 12.9. The largest absolute Gasteiger partial charge is 0.347 e. The molecule has 1 aliphatic rings. The Morgan fingerprint density at radius 3 is 2.42 bits per heavy atom. The zero-order valence-electron chi connectivity index (χ0n) is 14.7. The predicted octanol–water partition coefficient (Wildman–Crippen LogP) is 3.04. The normalized spacial score (nSPS) is 14.8. The second-order valence-corrected chi connectivity index (χ2v) is 6.32. The number of benzene rings is 2. The number of nitrogens with one attached hydrogen (secondary N) is 1. The van der Waals surface area contributed by atoms with Gasteiger partial charge >= 0.3 is 0 Å². The monoisotopic (exact) mass is 345 g/mol. The van der Waals surface area contributed by atoms with Gasteiger partial charge in [0, 0.05) is 18.2 Å². The summed E-state index contributed by atoms with van der Waals surface area (Å²) in [5.74, 6) is -0.854. The minimum atomic E-state index is -0.542. The number of hydrogen-bond acceptors (Lipinski definition) is 3. The molecule has 0 spiro atoms. The molecular formula is C21H19N3O2. The van der Waals surface area contributed by atoms with Crippen molar-refractivity contribution in [2.45, 2.75) is 26.4 Å². The predicted molar refractivity (Wildman–Crippen MR) is 99.9 cm³/mol. The molecule has 5 nitrogen and oxygen atoms in total. The number of amides is 2.